The van der Waals surface area contributed by atoms with Crippen LogP contribution in [-0.4, -0.2) is 32.5 Å². The van der Waals surface area contributed by atoms with E-state index in [2.05, 4.69) is 10.6 Å². The predicted octanol–water partition coefficient (Wildman–Crippen LogP) is 3.63. The SMILES string of the molecule is CC(=O)Nc1ccc(C(F)(F)F)cc1NC(=O)c1ccc2c(c1)CC(C)N2S(C)(=O)=O. The van der Waals surface area contributed by atoms with Gasteiger partial charge in [-0.1, -0.05) is 0 Å². The van der Waals surface area contributed by atoms with Gasteiger partial charge in [-0.2, -0.15) is 13.2 Å². The molecule has 0 spiro atoms. The number of alkyl halides is 3. The molecule has 2 aromatic rings. The lowest BCUT2D eigenvalue weighted by Gasteiger charge is -2.22. The monoisotopic (exact) mass is 455 g/mol. The Bertz CT molecular complexity index is 1160. The molecule has 1 unspecified atom stereocenters. The van der Waals surface area contributed by atoms with E-state index in [1.165, 1.54) is 29.4 Å². The molecule has 3 rings (SSSR count). The highest BCUT2D eigenvalue weighted by Crippen LogP contribution is 2.36. The highest BCUT2D eigenvalue weighted by Gasteiger charge is 2.33. The number of fused-ring (bicyclic) bond motifs is 1. The van der Waals surface area contributed by atoms with Gasteiger partial charge in [-0.05, 0) is 55.3 Å². The van der Waals surface area contributed by atoms with Gasteiger partial charge in [0.05, 0.1) is 28.9 Å². The minimum atomic E-state index is -4.63. The second-order valence-corrected chi connectivity index (χ2v) is 9.21. The van der Waals surface area contributed by atoms with Crippen molar-refractivity contribution in [3.8, 4) is 0 Å². The summed E-state index contributed by atoms with van der Waals surface area (Å²) in [7, 11) is -3.50. The maximum Gasteiger partial charge on any atom is 0.416 e. The van der Waals surface area contributed by atoms with Gasteiger partial charge in [0.25, 0.3) is 5.91 Å². The van der Waals surface area contributed by atoms with E-state index >= 15 is 0 Å². The van der Waals surface area contributed by atoms with Crippen LogP contribution in [0.4, 0.5) is 30.2 Å². The first kappa shape index (κ1) is 22.6. The summed E-state index contributed by atoms with van der Waals surface area (Å²) < 4.78 is 64.6. The van der Waals surface area contributed by atoms with Crippen molar-refractivity contribution in [3.05, 3.63) is 53.1 Å². The minimum Gasteiger partial charge on any atom is -0.325 e. The summed E-state index contributed by atoms with van der Waals surface area (Å²) in [4.78, 5) is 24.1. The smallest absolute Gasteiger partial charge is 0.325 e. The molecule has 31 heavy (non-hydrogen) atoms. The molecule has 2 amide bonds. The third-order valence-electron chi connectivity index (χ3n) is 4.76. The molecule has 0 fully saturated rings. The van der Waals surface area contributed by atoms with Crippen molar-refractivity contribution in [1.82, 2.24) is 0 Å². The Labute approximate surface area is 177 Å². The molecule has 1 aliphatic heterocycles. The maximum absolute atomic E-state index is 13.1. The van der Waals surface area contributed by atoms with Gasteiger partial charge in [-0.25, -0.2) is 8.42 Å². The van der Waals surface area contributed by atoms with Crippen LogP contribution in [0.15, 0.2) is 36.4 Å². The topological polar surface area (TPSA) is 95.6 Å². The fourth-order valence-electron chi connectivity index (χ4n) is 3.57. The van der Waals surface area contributed by atoms with E-state index < -0.39 is 33.6 Å². The van der Waals surface area contributed by atoms with Crippen molar-refractivity contribution < 1.29 is 31.2 Å². The molecule has 1 aliphatic rings. The number of benzene rings is 2. The van der Waals surface area contributed by atoms with Crippen molar-refractivity contribution in [2.45, 2.75) is 32.5 Å². The van der Waals surface area contributed by atoms with E-state index in [0.29, 0.717) is 17.7 Å². The molecule has 2 aromatic carbocycles. The maximum atomic E-state index is 13.1. The van der Waals surface area contributed by atoms with Crippen LogP contribution in [0.2, 0.25) is 0 Å². The number of rotatable bonds is 4. The highest BCUT2D eigenvalue weighted by molar-refractivity contribution is 7.92. The average molecular weight is 455 g/mol. The molecular formula is C20H20F3N3O4S. The summed E-state index contributed by atoms with van der Waals surface area (Å²) in [5.74, 6) is -1.21. The van der Waals surface area contributed by atoms with E-state index in [0.717, 1.165) is 24.5 Å². The molecule has 0 saturated heterocycles. The Kier molecular flexibility index (Phi) is 5.74. The summed E-state index contributed by atoms with van der Waals surface area (Å²) in [6.45, 7) is 2.93. The summed E-state index contributed by atoms with van der Waals surface area (Å²) >= 11 is 0. The second-order valence-electron chi connectivity index (χ2n) is 7.35. The number of anilines is 3. The number of carbonyl (C=O) groups is 2. The quantitative estimate of drug-likeness (QED) is 0.736. The zero-order valence-corrected chi connectivity index (χ0v) is 17.7. The average Bonchev–Trinajstić information content (AvgIpc) is 2.96. The van der Waals surface area contributed by atoms with Crippen molar-refractivity contribution in [1.29, 1.82) is 0 Å². The van der Waals surface area contributed by atoms with Gasteiger partial charge in [-0.15, -0.1) is 0 Å². The molecule has 1 atom stereocenters. The lowest BCUT2D eigenvalue weighted by molar-refractivity contribution is -0.137. The third kappa shape index (κ3) is 4.82. The van der Waals surface area contributed by atoms with Gasteiger partial charge in [0.15, 0.2) is 0 Å². The van der Waals surface area contributed by atoms with Gasteiger partial charge in [-0.3, -0.25) is 13.9 Å². The van der Waals surface area contributed by atoms with E-state index in [-0.39, 0.29) is 23.0 Å². The molecule has 1 heterocycles. The Hall–Kier alpha value is -3.08. The standard InChI is InChI=1S/C20H20F3N3O4S/c1-11-8-14-9-13(4-7-18(14)26(11)31(3,29)30)19(28)25-17-10-15(20(21,22)23)5-6-16(17)24-12(2)27/h4-7,9-11H,8H2,1-3H3,(H,24,27)(H,25,28). The number of carbonyl (C=O) groups excluding carboxylic acids is 2. The molecule has 0 saturated carbocycles. The third-order valence-corrected chi connectivity index (χ3v) is 6.03. The van der Waals surface area contributed by atoms with E-state index in [1.807, 2.05) is 0 Å². The van der Waals surface area contributed by atoms with Crippen LogP contribution in [-0.2, 0) is 27.4 Å². The fraction of sp³-hybridized carbons (Fsp3) is 0.300. The first-order chi connectivity index (χ1) is 14.3. The molecule has 0 aromatic heterocycles. The van der Waals surface area contributed by atoms with Gasteiger partial charge < -0.3 is 10.6 Å². The minimum absolute atomic E-state index is 0.0203. The Morgan fingerprint density at radius 2 is 1.74 bits per heavy atom. The molecular weight excluding hydrogens is 435 g/mol. The van der Waals surface area contributed by atoms with Crippen molar-refractivity contribution in [3.63, 3.8) is 0 Å². The number of sulfonamides is 1. The van der Waals surface area contributed by atoms with Crippen molar-refractivity contribution in [2.75, 3.05) is 21.2 Å². The summed E-state index contributed by atoms with van der Waals surface area (Å²) in [6, 6.07) is 6.69. The van der Waals surface area contributed by atoms with Crippen LogP contribution in [0.1, 0.15) is 35.3 Å². The largest absolute Gasteiger partial charge is 0.416 e. The summed E-state index contributed by atoms with van der Waals surface area (Å²) in [5, 5.41) is 4.79. The van der Waals surface area contributed by atoms with E-state index in [4.69, 9.17) is 0 Å². The highest BCUT2D eigenvalue weighted by atomic mass is 32.2. The van der Waals surface area contributed by atoms with Gasteiger partial charge >= 0.3 is 6.18 Å². The first-order valence-corrected chi connectivity index (χ1v) is 11.0. The number of halogens is 3. The van der Waals surface area contributed by atoms with Gasteiger partial charge in [0.2, 0.25) is 15.9 Å². The predicted molar refractivity (Wildman–Crippen MR) is 111 cm³/mol. The molecule has 0 aliphatic carbocycles. The van der Waals surface area contributed by atoms with Crippen LogP contribution in [0.25, 0.3) is 0 Å². The Morgan fingerprint density at radius 3 is 2.32 bits per heavy atom. The fourth-order valence-corrected chi connectivity index (χ4v) is 4.83. The molecule has 0 bridgehead atoms. The number of hydrogen-bond donors (Lipinski definition) is 2. The van der Waals surface area contributed by atoms with Crippen molar-refractivity contribution in [2.24, 2.45) is 0 Å². The molecule has 2 N–H and O–H groups in total. The second kappa shape index (κ2) is 7.88. The zero-order chi connectivity index (χ0) is 23.1. The van der Waals surface area contributed by atoms with E-state index in [1.54, 1.807) is 6.92 Å². The normalized spacial score (nSPS) is 16.1. The van der Waals surface area contributed by atoms with Gasteiger partial charge in [0.1, 0.15) is 0 Å². The lowest BCUT2D eigenvalue weighted by Crippen LogP contribution is -2.34. The number of amides is 2. The molecule has 7 nitrogen and oxygen atoms in total. The Balaban J connectivity index is 1.93. The van der Waals surface area contributed by atoms with Crippen LogP contribution < -0.4 is 14.9 Å². The summed E-state index contributed by atoms with van der Waals surface area (Å²) in [5.41, 5.74) is 0.0748. The number of hydrogen-bond acceptors (Lipinski definition) is 4. The zero-order valence-electron chi connectivity index (χ0n) is 16.9. The van der Waals surface area contributed by atoms with Crippen LogP contribution >= 0.6 is 0 Å². The Morgan fingerprint density at radius 1 is 1.06 bits per heavy atom. The lowest BCUT2D eigenvalue weighted by atomic mass is 10.1. The molecule has 11 heteroatoms. The molecule has 166 valence electrons. The van der Waals surface area contributed by atoms with Gasteiger partial charge in [0, 0.05) is 18.5 Å². The summed E-state index contributed by atoms with van der Waals surface area (Å²) in [6.07, 6.45) is -3.15. The first-order valence-electron chi connectivity index (χ1n) is 9.20. The number of nitrogens with one attached hydrogen (secondary N) is 2. The van der Waals surface area contributed by atoms with Crippen LogP contribution in [0, 0.1) is 0 Å². The van der Waals surface area contributed by atoms with E-state index in [9.17, 15) is 31.2 Å². The van der Waals surface area contributed by atoms with Crippen LogP contribution in [0.5, 0.6) is 0 Å². The van der Waals surface area contributed by atoms with Crippen molar-refractivity contribution >= 4 is 38.9 Å². The molecule has 0 radical (unpaired) electrons. The van der Waals surface area contributed by atoms with Crippen LogP contribution in [0.3, 0.4) is 0 Å². The number of nitrogens with zero attached hydrogens (tertiary/aromatic N) is 1.